The summed E-state index contributed by atoms with van der Waals surface area (Å²) in [5, 5.41) is 0.579. The van der Waals surface area contributed by atoms with Gasteiger partial charge in [-0.3, -0.25) is 0 Å². The standard InChI is InChI=1S/C9H9Cl2N3O/c10-7-2-8(13-9(11)12-7)14-3-6-1-5(14)4-15-6/h2,5-6H,1,3-4H2/t5-,6-/m0/s1. The summed E-state index contributed by atoms with van der Waals surface area (Å²) in [6, 6.07) is 2.16. The van der Waals surface area contributed by atoms with Gasteiger partial charge in [-0.15, -0.1) is 0 Å². The van der Waals surface area contributed by atoms with Crippen LogP contribution in [0.15, 0.2) is 6.07 Å². The van der Waals surface area contributed by atoms with Crippen LogP contribution in [-0.4, -0.2) is 35.3 Å². The number of hydrogen-bond donors (Lipinski definition) is 0. The highest BCUT2D eigenvalue weighted by molar-refractivity contribution is 6.32. The van der Waals surface area contributed by atoms with Gasteiger partial charge < -0.3 is 9.64 Å². The van der Waals surface area contributed by atoms with Crippen molar-refractivity contribution < 1.29 is 4.74 Å². The summed E-state index contributed by atoms with van der Waals surface area (Å²) in [5.74, 6) is 0.802. The van der Waals surface area contributed by atoms with Gasteiger partial charge in [0, 0.05) is 12.6 Å². The third-order valence-electron chi connectivity index (χ3n) is 2.85. The number of nitrogens with zero attached hydrogens (tertiary/aromatic N) is 3. The van der Waals surface area contributed by atoms with Crippen LogP contribution in [0.1, 0.15) is 6.42 Å². The zero-order valence-electron chi connectivity index (χ0n) is 7.86. The lowest BCUT2D eigenvalue weighted by molar-refractivity contribution is 0.0989. The molecule has 3 heterocycles. The van der Waals surface area contributed by atoms with Crippen molar-refractivity contribution in [1.29, 1.82) is 0 Å². The zero-order chi connectivity index (χ0) is 10.4. The van der Waals surface area contributed by atoms with Crippen LogP contribution in [0.3, 0.4) is 0 Å². The van der Waals surface area contributed by atoms with Gasteiger partial charge in [-0.05, 0) is 18.0 Å². The summed E-state index contributed by atoms with van der Waals surface area (Å²) in [6.07, 6.45) is 1.40. The minimum atomic E-state index is 0.196. The maximum atomic E-state index is 5.84. The molecule has 0 N–H and O–H groups in total. The van der Waals surface area contributed by atoms with E-state index in [1.807, 2.05) is 0 Å². The first kappa shape index (κ1) is 9.63. The molecule has 0 radical (unpaired) electrons. The van der Waals surface area contributed by atoms with E-state index in [2.05, 4.69) is 14.9 Å². The summed E-state index contributed by atoms with van der Waals surface area (Å²) < 4.78 is 5.51. The Labute approximate surface area is 97.2 Å². The number of morpholine rings is 1. The number of rotatable bonds is 1. The number of anilines is 1. The van der Waals surface area contributed by atoms with Gasteiger partial charge in [-0.2, -0.15) is 0 Å². The Bertz CT molecular complexity index is 381. The van der Waals surface area contributed by atoms with E-state index < -0.39 is 0 Å². The molecular formula is C9H9Cl2N3O. The van der Waals surface area contributed by atoms with Crippen LogP contribution < -0.4 is 4.90 Å². The largest absolute Gasteiger partial charge is 0.374 e. The molecule has 80 valence electrons. The van der Waals surface area contributed by atoms with Crippen LogP contribution in [0.2, 0.25) is 10.4 Å². The molecule has 6 heteroatoms. The quantitative estimate of drug-likeness (QED) is 0.559. The molecule has 15 heavy (non-hydrogen) atoms. The fourth-order valence-electron chi connectivity index (χ4n) is 2.21. The maximum Gasteiger partial charge on any atom is 0.225 e. The van der Waals surface area contributed by atoms with Gasteiger partial charge in [0.25, 0.3) is 0 Å². The van der Waals surface area contributed by atoms with Gasteiger partial charge in [0.2, 0.25) is 5.28 Å². The fourth-order valence-corrected chi connectivity index (χ4v) is 2.60. The van der Waals surface area contributed by atoms with Crippen LogP contribution in [0.5, 0.6) is 0 Å². The Kier molecular flexibility index (Phi) is 2.23. The average Bonchev–Trinajstić information content (AvgIpc) is 2.76. The van der Waals surface area contributed by atoms with Crippen molar-refractivity contribution >= 4 is 29.0 Å². The lowest BCUT2D eigenvalue weighted by Crippen LogP contribution is -2.37. The molecule has 2 saturated heterocycles. The Hall–Kier alpha value is -0.580. The second-order valence-electron chi connectivity index (χ2n) is 3.82. The highest BCUT2D eigenvalue weighted by Gasteiger charge is 2.39. The summed E-state index contributed by atoms with van der Waals surface area (Å²) in [4.78, 5) is 10.2. The molecule has 0 saturated carbocycles. The predicted octanol–water partition coefficient (Wildman–Crippen LogP) is 1.76. The number of ether oxygens (including phenoxy) is 1. The van der Waals surface area contributed by atoms with Crippen molar-refractivity contribution in [2.75, 3.05) is 18.1 Å². The van der Waals surface area contributed by atoms with E-state index in [9.17, 15) is 0 Å². The van der Waals surface area contributed by atoms with E-state index >= 15 is 0 Å². The molecule has 2 fully saturated rings. The van der Waals surface area contributed by atoms with Gasteiger partial charge in [0.1, 0.15) is 11.0 Å². The van der Waals surface area contributed by atoms with Crippen molar-refractivity contribution in [3.05, 3.63) is 16.5 Å². The molecule has 2 aliphatic heterocycles. The van der Waals surface area contributed by atoms with E-state index in [0.717, 1.165) is 25.4 Å². The first-order chi connectivity index (χ1) is 7.22. The topological polar surface area (TPSA) is 38.2 Å². The normalized spacial score (nSPS) is 28.8. The maximum absolute atomic E-state index is 5.84. The molecule has 2 atom stereocenters. The van der Waals surface area contributed by atoms with Crippen molar-refractivity contribution in [3.8, 4) is 0 Å². The minimum absolute atomic E-state index is 0.196. The highest BCUT2D eigenvalue weighted by Crippen LogP contribution is 2.32. The van der Waals surface area contributed by atoms with E-state index in [-0.39, 0.29) is 5.28 Å². The van der Waals surface area contributed by atoms with Crippen LogP contribution in [0, 0.1) is 0 Å². The molecule has 0 spiro atoms. The molecule has 0 aromatic carbocycles. The molecule has 3 rings (SSSR count). The lowest BCUT2D eigenvalue weighted by Gasteiger charge is -2.27. The summed E-state index contributed by atoms with van der Waals surface area (Å²) in [6.45, 7) is 1.64. The zero-order valence-corrected chi connectivity index (χ0v) is 9.37. The van der Waals surface area contributed by atoms with Crippen LogP contribution in [0.4, 0.5) is 5.82 Å². The van der Waals surface area contributed by atoms with E-state index in [0.29, 0.717) is 17.3 Å². The van der Waals surface area contributed by atoms with Crippen LogP contribution >= 0.6 is 23.2 Å². The molecule has 1 aromatic heterocycles. The Morgan fingerprint density at radius 3 is 2.87 bits per heavy atom. The number of fused-ring (bicyclic) bond motifs is 2. The average molecular weight is 246 g/mol. The lowest BCUT2D eigenvalue weighted by atomic mass is 10.2. The number of hydrogen-bond acceptors (Lipinski definition) is 4. The SMILES string of the molecule is Clc1cc(N2C[C@@H]3C[C@H]2CO3)nc(Cl)n1. The van der Waals surface area contributed by atoms with Crippen molar-refractivity contribution in [2.24, 2.45) is 0 Å². The van der Waals surface area contributed by atoms with E-state index in [4.69, 9.17) is 27.9 Å². The summed E-state index contributed by atoms with van der Waals surface area (Å²) >= 11 is 11.6. The molecule has 0 aliphatic carbocycles. The Morgan fingerprint density at radius 1 is 1.40 bits per heavy atom. The molecular weight excluding hydrogens is 237 g/mol. The third-order valence-corrected chi connectivity index (χ3v) is 3.21. The smallest absolute Gasteiger partial charge is 0.225 e. The Morgan fingerprint density at radius 2 is 2.27 bits per heavy atom. The van der Waals surface area contributed by atoms with Crippen molar-refractivity contribution in [2.45, 2.75) is 18.6 Å². The number of aromatic nitrogens is 2. The fraction of sp³-hybridized carbons (Fsp3) is 0.556. The van der Waals surface area contributed by atoms with E-state index in [1.165, 1.54) is 0 Å². The van der Waals surface area contributed by atoms with E-state index in [1.54, 1.807) is 6.07 Å². The van der Waals surface area contributed by atoms with Crippen LogP contribution in [0.25, 0.3) is 0 Å². The molecule has 2 bridgehead atoms. The first-order valence-corrected chi connectivity index (χ1v) is 5.56. The van der Waals surface area contributed by atoms with Gasteiger partial charge in [-0.1, -0.05) is 11.6 Å². The van der Waals surface area contributed by atoms with Gasteiger partial charge in [0.15, 0.2) is 0 Å². The number of halogens is 2. The monoisotopic (exact) mass is 245 g/mol. The van der Waals surface area contributed by atoms with Gasteiger partial charge >= 0.3 is 0 Å². The second-order valence-corrected chi connectivity index (χ2v) is 4.54. The van der Waals surface area contributed by atoms with Crippen molar-refractivity contribution in [1.82, 2.24) is 9.97 Å². The summed E-state index contributed by atoms with van der Waals surface area (Å²) in [7, 11) is 0. The second kappa shape index (κ2) is 3.47. The highest BCUT2D eigenvalue weighted by atomic mass is 35.5. The van der Waals surface area contributed by atoms with Crippen LogP contribution in [-0.2, 0) is 4.74 Å². The van der Waals surface area contributed by atoms with Gasteiger partial charge in [0.05, 0.1) is 18.8 Å². The minimum Gasteiger partial charge on any atom is -0.374 e. The molecule has 0 amide bonds. The van der Waals surface area contributed by atoms with Gasteiger partial charge in [-0.25, -0.2) is 9.97 Å². The predicted molar refractivity (Wildman–Crippen MR) is 57.5 cm³/mol. The molecule has 0 unspecified atom stereocenters. The van der Waals surface area contributed by atoms with Crippen molar-refractivity contribution in [3.63, 3.8) is 0 Å². The molecule has 1 aromatic rings. The summed E-state index contributed by atoms with van der Waals surface area (Å²) in [5.41, 5.74) is 0. The third kappa shape index (κ3) is 1.67. The molecule has 4 nitrogen and oxygen atoms in total. The molecule has 2 aliphatic rings. The Balaban J connectivity index is 1.93. The first-order valence-electron chi connectivity index (χ1n) is 4.81.